The molecule has 0 spiro atoms. The molecule has 4 aromatic heterocycles. The number of nitrogens with one attached hydrogen (secondary N) is 3. The molecule has 5 aromatic carbocycles. The Morgan fingerprint density at radius 2 is 0.927 bits per heavy atom. The highest BCUT2D eigenvalue weighted by atomic mass is 35.5. The molecule has 0 radical (unpaired) electrons. The first-order valence-corrected chi connectivity index (χ1v) is 28.7. The first-order chi connectivity index (χ1) is 39.8. The number of thiophene rings is 1. The Morgan fingerprint density at radius 3 is 1.34 bits per heavy atom. The summed E-state index contributed by atoms with van der Waals surface area (Å²) >= 11 is 11.5. The lowest BCUT2D eigenvalue weighted by Crippen LogP contribution is -2.15. The van der Waals surface area contributed by atoms with Crippen LogP contribution in [0.3, 0.4) is 0 Å². The van der Waals surface area contributed by atoms with Gasteiger partial charge in [0.05, 0.1) is 68.5 Å². The number of nitrogens with zero attached hydrogens (tertiary/aromatic N) is 6. The summed E-state index contributed by atoms with van der Waals surface area (Å²) < 4.78 is 51.0. The summed E-state index contributed by atoms with van der Waals surface area (Å²) in [7, 11) is 9.56. The zero-order chi connectivity index (χ0) is 58.4. The fourth-order valence-electron chi connectivity index (χ4n) is 7.67. The highest BCUT2D eigenvalue weighted by Gasteiger charge is 2.17. The quantitative estimate of drug-likeness (QED) is 0.0541. The maximum Gasteiger partial charge on any atom is 0.231 e. The number of carbonyl (C=O) groups is 3. The van der Waals surface area contributed by atoms with Gasteiger partial charge in [0, 0.05) is 40.3 Å². The number of hydrogen-bond donors (Lipinski definition) is 3. The van der Waals surface area contributed by atoms with Crippen LogP contribution in [0.2, 0.25) is 5.02 Å². The van der Waals surface area contributed by atoms with Gasteiger partial charge in [-0.15, -0.1) is 41.9 Å². The van der Waals surface area contributed by atoms with Crippen LogP contribution in [-0.4, -0.2) is 97.6 Å². The molecule has 82 heavy (non-hydrogen) atoms. The molecule has 0 saturated heterocycles. The standard InChI is InChI=1S/C21H23N3O4S.C19H17ClFN3O3S.C17H17N3O3S2/c1-4-28-16-8-6-5-7-15(16)13-19(25)22-21-24-23-20(29-21)12-14-9-10-17(26-2)18(11-14)27-3;1-26-15-7-6-11(8-16(15)27-2)9-18-23-24-19(28-18)22-17(25)10-12-13(20)4-3-5-14(12)21;1-22-13-6-5-11(8-14(13)23-2)9-16-19-20-17(25-16)18-15(21)10-12-4-3-7-24-12/h5-11H,4,12-13H2,1-3H3,(H,22,24,25);3-8H,9-10H2,1-2H3,(H,22,24,25);3-8H,9-10H2,1-2H3,(H,18,20,21). The number of benzene rings is 5. The maximum atomic E-state index is 13.8. The molecule has 25 heteroatoms. The van der Waals surface area contributed by atoms with Crippen molar-refractivity contribution in [1.82, 2.24) is 30.6 Å². The molecule has 0 aliphatic heterocycles. The van der Waals surface area contributed by atoms with Crippen LogP contribution < -0.4 is 49.1 Å². The van der Waals surface area contributed by atoms with Gasteiger partial charge in [0.1, 0.15) is 26.6 Å². The van der Waals surface area contributed by atoms with E-state index in [1.54, 1.807) is 60.1 Å². The van der Waals surface area contributed by atoms with Crippen molar-refractivity contribution in [2.45, 2.75) is 45.4 Å². The summed E-state index contributed by atoms with van der Waals surface area (Å²) in [6, 6.07) is 32.7. The van der Waals surface area contributed by atoms with E-state index in [9.17, 15) is 18.8 Å². The second-order valence-corrected chi connectivity index (χ2v) is 21.7. The smallest absolute Gasteiger partial charge is 0.231 e. The summed E-state index contributed by atoms with van der Waals surface area (Å²) in [5.74, 6) is 3.50. The molecule has 0 fully saturated rings. The number of anilines is 3. The molecular weight excluding hydrogens is 1150 g/mol. The van der Waals surface area contributed by atoms with Gasteiger partial charge in [-0.3, -0.25) is 14.4 Å². The Morgan fingerprint density at radius 1 is 0.488 bits per heavy atom. The number of hydrogen-bond acceptors (Lipinski definition) is 20. The number of para-hydroxylation sites is 1. The van der Waals surface area contributed by atoms with Gasteiger partial charge in [-0.1, -0.05) is 94.1 Å². The van der Waals surface area contributed by atoms with Crippen molar-refractivity contribution in [1.29, 1.82) is 0 Å². The zero-order valence-corrected chi connectivity index (χ0v) is 49.6. The normalized spacial score (nSPS) is 10.5. The molecule has 3 N–H and O–H groups in total. The van der Waals surface area contributed by atoms with Crippen LogP contribution in [0.5, 0.6) is 40.2 Å². The minimum Gasteiger partial charge on any atom is -0.494 e. The van der Waals surface area contributed by atoms with Gasteiger partial charge < -0.3 is 49.1 Å². The number of halogens is 2. The van der Waals surface area contributed by atoms with Gasteiger partial charge in [0.25, 0.3) is 0 Å². The van der Waals surface area contributed by atoms with Gasteiger partial charge in [0.15, 0.2) is 34.5 Å². The second kappa shape index (κ2) is 31.1. The van der Waals surface area contributed by atoms with E-state index in [0.29, 0.717) is 87.2 Å². The third-order valence-electron chi connectivity index (χ3n) is 11.5. The fraction of sp³-hybridized carbons (Fsp3) is 0.246. The number of methoxy groups -OCH3 is 6. The van der Waals surface area contributed by atoms with Crippen LogP contribution in [0, 0.1) is 5.82 Å². The highest BCUT2D eigenvalue weighted by molar-refractivity contribution is 7.16. The van der Waals surface area contributed by atoms with E-state index in [-0.39, 0.29) is 35.2 Å². The predicted molar refractivity (Wildman–Crippen MR) is 317 cm³/mol. The molecule has 9 rings (SSSR count). The second-order valence-electron chi connectivity index (χ2n) is 17.1. The first-order valence-electron chi connectivity index (χ1n) is 25.0. The molecule has 0 unspecified atom stereocenters. The Hall–Kier alpha value is -8.29. The Bertz CT molecular complexity index is 3530. The van der Waals surface area contributed by atoms with Gasteiger partial charge >= 0.3 is 0 Å². The lowest BCUT2D eigenvalue weighted by molar-refractivity contribution is -0.116. The number of aromatic nitrogens is 6. The first kappa shape index (κ1) is 61.3. The van der Waals surface area contributed by atoms with Crippen molar-refractivity contribution in [3.05, 3.63) is 173 Å². The van der Waals surface area contributed by atoms with Crippen molar-refractivity contribution in [3.8, 4) is 40.2 Å². The summed E-state index contributed by atoms with van der Waals surface area (Å²) in [5, 5.41) is 38.5. The minimum absolute atomic E-state index is 0.0868. The summed E-state index contributed by atoms with van der Waals surface area (Å²) in [6.45, 7) is 2.46. The van der Waals surface area contributed by atoms with Crippen LogP contribution in [0.25, 0.3) is 0 Å². The molecule has 0 saturated carbocycles. The maximum absolute atomic E-state index is 13.8. The van der Waals surface area contributed by atoms with Crippen LogP contribution in [0.1, 0.15) is 54.6 Å². The van der Waals surface area contributed by atoms with E-state index in [4.69, 9.17) is 44.8 Å². The van der Waals surface area contributed by atoms with E-state index < -0.39 is 11.7 Å². The van der Waals surface area contributed by atoms with Crippen LogP contribution in [0.15, 0.2) is 115 Å². The molecular formula is C57H57ClFN9O10S4. The molecule has 9 aromatic rings. The molecule has 428 valence electrons. The summed E-state index contributed by atoms with van der Waals surface area (Å²) in [4.78, 5) is 37.6. The zero-order valence-electron chi connectivity index (χ0n) is 45.6. The third kappa shape index (κ3) is 18.1. The number of ether oxygens (including phenoxy) is 7. The lowest BCUT2D eigenvalue weighted by atomic mass is 10.1. The van der Waals surface area contributed by atoms with Crippen molar-refractivity contribution in [3.63, 3.8) is 0 Å². The largest absolute Gasteiger partial charge is 0.494 e. The molecule has 4 heterocycles. The number of amides is 3. The summed E-state index contributed by atoms with van der Waals surface area (Å²) in [5.41, 5.74) is 4.00. The van der Waals surface area contributed by atoms with Crippen molar-refractivity contribution in [2.75, 3.05) is 65.2 Å². The topological polar surface area (TPSA) is 229 Å². The highest BCUT2D eigenvalue weighted by Crippen LogP contribution is 2.33. The van der Waals surface area contributed by atoms with E-state index in [1.807, 2.05) is 103 Å². The lowest BCUT2D eigenvalue weighted by Gasteiger charge is -2.09. The monoisotopic (exact) mass is 1210 g/mol. The molecule has 0 aliphatic carbocycles. The van der Waals surface area contributed by atoms with E-state index in [1.165, 1.54) is 46.1 Å². The van der Waals surface area contributed by atoms with Gasteiger partial charge in [-0.25, -0.2) is 4.39 Å². The number of carbonyl (C=O) groups excluding carboxylic acids is 3. The van der Waals surface area contributed by atoms with E-state index in [2.05, 4.69) is 46.5 Å². The van der Waals surface area contributed by atoms with Crippen LogP contribution in [-0.2, 0) is 52.9 Å². The fourth-order valence-corrected chi connectivity index (χ4v) is 11.0. The third-order valence-corrected chi connectivity index (χ3v) is 15.2. The van der Waals surface area contributed by atoms with E-state index in [0.717, 1.165) is 42.9 Å². The average Bonchev–Trinajstić information content (AvgIpc) is 4.43. The molecule has 3 amide bonds. The van der Waals surface area contributed by atoms with Gasteiger partial charge in [0.2, 0.25) is 33.1 Å². The van der Waals surface area contributed by atoms with Gasteiger partial charge in [-0.2, -0.15) is 0 Å². The van der Waals surface area contributed by atoms with Gasteiger partial charge in [-0.05, 0) is 89.7 Å². The van der Waals surface area contributed by atoms with Crippen molar-refractivity contribution >= 4 is 90.1 Å². The Kier molecular flexibility index (Phi) is 23.2. The average molecular weight is 1210 g/mol. The predicted octanol–water partition coefficient (Wildman–Crippen LogP) is 11.2. The molecule has 19 nitrogen and oxygen atoms in total. The van der Waals surface area contributed by atoms with E-state index >= 15 is 0 Å². The molecule has 0 atom stereocenters. The minimum atomic E-state index is -0.519. The number of rotatable bonds is 23. The molecule has 0 aliphatic rings. The summed E-state index contributed by atoms with van der Waals surface area (Å²) in [6.07, 6.45) is 2.09. The Labute approximate surface area is 493 Å². The van der Waals surface area contributed by atoms with Crippen LogP contribution >= 0.6 is 56.9 Å². The van der Waals surface area contributed by atoms with Crippen molar-refractivity contribution < 1.29 is 51.9 Å². The van der Waals surface area contributed by atoms with Crippen LogP contribution in [0.4, 0.5) is 19.8 Å². The molecule has 0 bridgehead atoms. The Balaban J connectivity index is 0.000000178. The van der Waals surface area contributed by atoms with Crippen molar-refractivity contribution in [2.24, 2.45) is 0 Å². The SMILES string of the molecule is CCOc1ccccc1CC(=O)Nc1nnc(Cc2ccc(OC)c(OC)c2)s1.COc1ccc(Cc2nnc(NC(=O)Cc3c(F)cccc3Cl)s2)cc1OC.COc1ccc(Cc2nnc(NC(=O)Cc3cccs3)s2)cc1OC.